The van der Waals surface area contributed by atoms with Gasteiger partial charge in [-0.25, -0.2) is 0 Å². The number of nitrogens with one attached hydrogen (secondary N) is 2. The summed E-state index contributed by atoms with van der Waals surface area (Å²) < 4.78 is 0. The lowest BCUT2D eigenvalue weighted by atomic mass is 9.52. The average Bonchev–Trinajstić information content (AvgIpc) is 2.96. The molecule has 13 nitrogen and oxygen atoms in total. The van der Waals surface area contributed by atoms with Crippen molar-refractivity contribution in [1.29, 1.82) is 0 Å². The second-order valence-corrected chi connectivity index (χ2v) is 12.1. The Bertz CT molecular complexity index is 1670. The fraction of sp³-hybridized carbons (Fsp3) is 0.406. The second-order valence-electron chi connectivity index (χ2n) is 12.1. The SMILES string of the molecule is CC(=O)NCCNC(=O)c1cccc(-c2ccc(O)c3c2C[C@H]2C[C@H]4[C@H](N(C)C)C(=O)C(C(N)=O)C(=O)[C@@]4(O)C(=O)C2C3=O)c1. The lowest BCUT2D eigenvalue weighted by Gasteiger charge is -2.52. The number of rotatable bonds is 7. The standard InChI is InChI=1S/C32H34N4O9/c1-14(37)34-9-10-35-31(44)16-6-4-5-15(11-16)18-7-8-21(38)23-19(18)12-17-13-20-25(36(2)3)27(40)24(30(33)43)29(42)32(20,45)28(41)22(17)26(23)39/h4-8,11,17,20,22,24-25,38,45H,9-10,12-13H2,1-3H3,(H2,33,43)(H,34,37)(H,35,44)/t17-,20-,22?,24?,25-,32-/m0/s1. The van der Waals surface area contributed by atoms with Gasteiger partial charge in [-0.3, -0.25) is 38.5 Å². The highest BCUT2D eigenvalue weighted by molar-refractivity contribution is 6.32. The first kappa shape index (κ1) is 31.7. The molecule has 2 unspecified atom stereocenters. The van der Waals surface area contributed by atoms with Gasteiger partial charge in [0.2, 0.25) is 11.8 Å². The normalized spacial score (nSPS) is 27.4. The van der Waals surface area contributed by atoms with E-state index in [-0.39, 0.29) is 37.4 Å². The van der Waals surface area contributed by atoms with Gasteiger partial charge < -0.3 is 26.6 Å². The van der Waals surface area contributed by atoms with E-state index in [1.54, 1.807) is 30.3 Å². The third kappa shape index (κ3) is 5.11. The van der Waals surface area contributed by atoms with Gasteiger partial charge in [0.15, 0.2) is 34.7 Å². The number of nitrogens with two attached hydrogens (primary N) is 1. The predicted octanol–water partition coefficient (Wildman–Crippen LogP) is -0.600. The summed E-state index contributed by atoms with van der Waals surface area (Å²) in [6.07, 6.45) is 0.0123. The highest BCUT2D eigenvalue weighted by Crippen LogP contribution is 2.51. The van der Waals surface area contributed by atoms with Crippen LogP contribution in [0.15, 0.2) is 36.4 Å². The van der Waals surface area contributed by atoms with Crippen molar-refractivity contribution in [2.24, 2.45) is 29.4 Å². The van der Waals surface area contributed by atoms with Crippen molar-refractivity contribution in [2.75, 3.05) is 27.2 Å². The maximum atomic E-state index is 14.0. The molecule has 3 aliphatic rings. The van der Waals surface area contributed by atoms with Crippen LogP contribution in [0.3, 0.4) is 0 Å². The summed E-state index contributed by atoms with van der Waals surface area (Å²) in [5.74, 6) is -11.9. The van der Waals surface area contributed by atoms with E-state index >= 15 is 0 Å². The predicted molar refractivity (Wildman–Crippen MR) is 158 cm³/mol. The van der Waals surface area contributed by atoms with Crippen LogP contribution in [0.4, 0.5) is 0 Å². The van der Waals surface area contributed by atoms with Gasteiger partial charge in [-0.15, -0.1) is 0 Å². The Morgan fingerprint density at radius 2 is 1.71 bits per heavy atom. The molecule has 0 heterocycles. The average molecular weight is 619 g/mol. The number of carbonyl (C=O) groups is 7. The Morgan fingerprint density at radius 3 is 2.36 bits per heavy atom. The molecule has 5 rings (SSSR count). The van der Waals surface area contributed by atoms with Crippen LogP contribution in [0.1, 0.15) is 39.6 Å². The summed E-state index contributed by atoms with van der Waals surface area (Å²) in [5, 5.41) is 27.8. The number of nitrogens with zero attached hydrogens (tertiary/aromatic N) is 1. The van der Waals surface area contributed by atoms with Crippen LogP contribution >= 0.6 is 0 Å². The van der Waals surface area contributed by atoms with Crippen LogP contribution in [-0.4, -0.2) is 94.8 Å². The van der Waals surface area contributed by atoms with Gasteiger partial charge in [0, 0.05) is 31.5 Å². The fourth-order valence-electron chi connectivity index (χ4n) is 7.22. The number of phenolic OH excluding ortho intramolecular Hbond substituents is 1. The topological polar surface area (TPSA) is 213 Å². The molecule has 2 saturated carbocycles. The van der Waals surface area contributed by atoms with Crippen molar-refractivity contribution in [3.05, 3.63) is 53.1 Å². The molecule has 236 valence electrons. The zero-order chi connectivity index (χ0) is 33.0. The molecule has 0 aromatic heterocycles. The summed E-state index contributed by atoms with van der Waals surface area (Å²) in [7, 11) is 3.04. The molecule has 2 aromatic carbocycles. The number of hydrogen-bond donors (Lipinski definition) is 5. The third-order valence-electron chi connectivity index (χ3n) is 9.17. The summed E-state index contributed by atoms with van der Waals surface area (Å²) >= 11 is 0. The number of aliphatic hydroxyl groups is 1. The van der Waals surface area contributed by atoms with E-state index in [2.05, 4.69) is 10.6 Å². The van der Waals surface area contributed by atoms with Gasteiger partial charge >= 0.3 is 0 Å². The Hall–Kier alpha value is -4.75. The van der Waals surface area contributed by atoms with E-state index < -0.39 is 76.0 Å². The van der Waals surface area contributed by atoms with E-state index in [9.17, 15) is 43.8 Å². The first-order chi connectivity index (χ1) is 21.2. The smallest absolute Gasteiger partial charge is 0.251 e. The van der Waals surface area contributed by atoms with Crippen molar-refractivity contribution in [1.82, 2.24) is 15.5 Å². The number of hydrogen-bond acceptors (Lipinski definition) is 10. The van der Waals surface area contributed by atoms with Gasteiger partial charge in [-0.2, -0.15) is 0 Å². The maximum absolute atomic E-state index is 14.0. The van der Waals surface area contributed by atoms with Crippen LogP contribution in [0.2, 0.25) is 0 Å². The zero-order valence-electron chi connectivity index (χ0n) is 25.0. The lowest BCUT2D eigenvalue weighted by Crippen LogP contribution is -2.74. The Morgan fingerprint density at radius 1 is 1.02 bits per heavy atom. The molecule has 0 aliphatic heterocycles. The Labute approximate surface area is 258 Å². The monoisotopic (exact) mass is 618 g/mol. The molecular weight excluding hydrogens is 584 g/mol. The summed E-state index contributed by atoms with van der Waals surface area (Å²) in [5.41, 5.74) is 4.25. The van der Waals surface area contributed by atoms with Crippen molar-refractivity contribution >= 4 is 40.9 Å². The zero-order valence-corrected chi connectivity index (χ0v) is 25.0. The van der Waals surface area contributed by atoms with Crippen LogP contribution in [-0.2, 0) is 30.4 Å². The van der Waals surface area contributed by atoms with E-state index in [4.69, 9.17) is 5.73 Å². The van der Waals surface area contributed by atoms with Gasteiger partial charge in [-0.05, 0) is 67.7 Å². The molecular formula is C32H34N4O9. The van der Waals surface area contributed by atoms with Crippen molar-refractivity contribution in [2.45, 2.75) is 31.4 Å². The highest BCUT2D eigenvalue weighted by atomic mass is 16.3. The number of amides is 3. The molecule has 3 aliphatic carbocycles. The van der Waals surface area contributed by atoms with Crippen LogP contribution in [0, 0.1) is 23.7 Å². The Kier molecular flexibility index (Phi) is 8.19. The molecule has 2 fully saturated rings. The fourth-order valence-corrected chi connectivity index (χ4v) is 7.22. The van der Waals surface area contributed by atoms with Crippen molar-refractivity contribution in [3.63, 3.8) is 0 Å². The minimum atomic E-state index is -2.80. The molecule has 6 N–H and O–H groups in total. The van der Waals surface area contributed by atoms with Gasteiger partial charge in [0.05, 0.1) is 17.5 Å². The van der Waals surface area contributed by atoms with Crippen molar-refractivity contribution in [3.8, 4) is 16.9 Å². The second kappa shape index (κ2) is 11.6. The number of Topliss-reactive ketones (excluding diaryl/α,β-unsaturated/α-hetero) is 4. The van der Waals surface area contributed by atoms with Crippen LogP contribution < -0.4 is 16.4 Å². The number of ketones is 4. The molecule has 0 saturated heterocycles. The summed E-state index contributed by atoms with van der Waals surface area (Å²) in [6, 6.07) is 8.31. The largest absolute Gasteiger partial charge is 0.507 e. The number of phenols is 1. The molecule has 0 radical (unpaired) electrons. The quantitative estimate of drug-likeness (QED) is 0.196. The van der Waals surface area contributed by atoms with Gasteiger partial charge in [-0.1, -0.05) is 18.2 Å². The molecule has 6 atom stereocenters. The van der Waals surface area contributed by atoms with Crippen molar-refractivity contribution < 1.29 is 43.8 Å². The minimum Gasteiger partial charge on any atom is -0.507 e. The number of primary amides is 1. The molecule has 45 heavy (non-hydrogen) atoms. The summed E-state index contributed by atoms with van der Waals surface area (Å²) in [6.45, 7) is 1.82. The van der Waals surface area contributed by atoms with Gasteiger partial charge in [0.1, 0.15) is 5.75 Å². The van der Waals surface area contributed by atoms with Gasteiger partial charge in [0.25, 0.3) is 5.91 Å². The first-order valence-corrected chi connectivity index (χ1v) is 14.5. The number of benzene rings is 2. The number of aromatic hydroxyl groups is 1. The number of likely N-dealkylation sites (N-methyl/N-ethyl adjacent to an activating group) is 1. The number of carbonyl (C=O) groups excluding carboxylic acids is 7. The molecule has 3 amide bonds. The van der Waals surface area contributed by atoms with E-state index in [1.165, 1.54) is 32.0 Å². The van der Waals surface area contributed by atoms with Crippen LogP contribution in [0.25, 0.3) is 11.1 Å². The molecule has 13 heteroatoms. The van der Waals surface area contributed by atoms with Crippen LogP contribution in [0.5, 0.6) is 5.75 Å². The molecule has 2 aromatic rings. The summed E-state index contributed by atoms with van der Waals surface area (Å²) in [4.78, 5) is 92.2. The molecule has 0 bridgehead atoms. The number of fused-ring (bicyclic) bond motifs is 3. The van der Waals surface area contributed by atoms with E-state index in [0.29, 0.717) is 22.3 Å². The highest BCUT2D eigenvalue weighted by Gasteiger charge is 2.69. The third-order valence-corrected chi connectivity index (χ3v) is 9.17. The Balaban J connectivity index is 1.53. The van der Waals surface area contributed by atoms with E-state index in [0.717, 1.165) is 0 Å². The maximum Gasteiger partial charge on any atom is 0.251 e. The first-order valence-electron chi connectivity index (χ1n) is 14.5. The lowest BCUT2D eigenvalue weighted by molar-refractivity contribution is -0.181. The minimum absolute atomic E-state index is 0.0737. The molecule has 0 spiro atoms. The van der Waals surface area contributed by atoms with E-state index in [1.807, 2.05) is 0 Å².